The van der Waals surface area contributed by atoms with Gasteiger partial charge in [-0.05, 0) is 19.1 Å². The first kappa shape index (κ1) is 15.1. The third kappa shape index (κ3) is 2.61. The van der Waals surface area contributed by atoms with Gasteiger partial charge in [0.25, 0.3) is 0 Å². The monoisotopic (exact) mass is 331 g/mol. The molecule has 2 rings (SSSR count). The van der Waals surface area contributed by atoms with Crippen LogP contribution < -0.4 is 4.87 Å². The highest BCUT2D eigenvalue weighted by Gasteiger charge is 2.24. The fraction of sp³-hybridized carbons (Fsp3) is 0.231. The predicted octanol–water partition coefficient (Wildman–Crippen LogP) is 3.60. The van der Waals surface area contributed by atoms with Crippen molar-refractivity contribution in [2.75, 3.05) is 6.61 Å². The second-order valence-electron chi connectivity index (χ2n) is 3.92. The van der Waals surface area contributed by atoms with Crippen LogP contribution in [0.15, 0.2) is 23.0 Å². The number of aromatic nitrogens is 1. The van der Waals surface area contributed by atoms with Crippen LogP contribution in [0.2, 0.25) is 10.0 Å². The molecule has 106 valence electrons. The average Bonchev–Trinajstić information content (AvgIpc) is 2.67. The topological polar surface area (TPSA) is 48.3 Å². The van der Waals surface area contributed by atoms with E-state index in [1.165, 1.54) is 4.57 Å². The summed E-state index contributed by atoms with van der Waals surface area (Å²) in [6.45, 7) is 1.93. The van der Waals surface area contributed by atoms with Gasteiger partial charge in [-0.15, -0.1) is 0 Å². The summed E-state index contributed by atoms with van der Waals surface area (Å²) in [4.78, 5) is 23.8. The molecule has 0 spiro atoms. The Kier molecular flexibility index (Phi) is 4.52. The molecule has 4 nitrogen and oxygen atoms in total. The number of carbonyl (C=O) groups is 1. The lowest BCUT2D eigenvalue weighted by atomic mass is 10.1. The lowest BCUT2D eigenvalue weighted by molar-refractivity contribution is 0.0532. The van der Waals surface area contributed by atoms with Crippen molar-refractivity contribution >= 4 is 40.5 Å². The third-order valence-electron chi connectivity index (χ3n) is 2.67. The number of benzene rings is 1. The van der Waals surface area contributed by atoms with E-state index in [-0.39, 0.29) is 16.4 Å². The highest BCUT2D eigenvalue weighted by Crippen LogP contribution is 2.37. The molecule has 20 heavy (non-hydrogen) atoms. The number of esters is 1. The normalized spacial score (nSPS) is 10.6. The van der Waals surface area contributed by atoms with Crippen LogP contribution in [0.5, 0.6) is 0 Å². The fourth-order valence-electron chi connectivity index (χ4n) is 1.79. The largest absolute Gasteiger partial charge is 0.462 e. The van der Waals surface area contributed by atoms with Crippen molar-refractivity contribution in [2.45, 2.75) is 6.92 Å². The van der Waals surface area contributed by atoms with Gasteiger partial charge >= 0.3 is 10.8 Å². The Bertz CT molecular complexity index is 701. The van der Waals surface area contributed by atoms with E-state index in [9.17, 15) is 9.59 Å². The Morgan fingerprint density at radius 3 is 2.50 bits per heavy atom. The van der Waals surface area contributed by atoms with Crippen LogP contribution in [0.4, 0.5) is 0 Å². The number of rotatable bonds is 3. The Balaban J connectivity index is 2.74. The Morgan fingerprint density at radius 1 is 1.35 bits per heavy atom. The molecular weight excluding hydrogens is 321 g/mol. The zero-order valence-electron chi connectivity index (χ0n) is 10.8. The highest BCUT2D eigenvalue weighted by atomic mass is 35.5. The minimum Gasteiger partial charge on any atom is -0.462 e. The van der Waals surface area contributed by atoms with Crippen LogP contribution in [0, 0.1) is 0 Å². The Morgan fingerprint density at radius 2 is 1.95 bits per heavy atom. The third-order valence-corrected chi connectivity index (χ3v) is 4.32. The van der Waals surface area contributed by atoms with Crippen molar-refractivity contribution in [3.63, 3.8) is 0 Å². The summed E-state index contributed by atoms with van der Waals surface area (Å²) in [5.74, 6) is -0.554. The van der Waals surface area contributed by atoms with Crippen LogP contribution in [-0.4, -0.2) is 17.1 Å². The summed E-state index contributed by atoms with van der Waals surface area (Å²) in [6, 6.07) is 5.00. The molecule has 0 bridgehead atoms. The van der Waals surface area contributed by atoms with Crippen molar-refractivity contribution in [3.05, 3.63) is 42.8 Å². The van der Waals surface area contributed by atoms with Crippen molar-refractivity contribution in [1.82, 2.24) is 4.57 Å². The quantitative estimate of drug-likeness (QED) is 0.807. The number of halogens is 2. The van der Waals surface area contributed by atoms with E-state index >= 15 is 0 Å². The molecule has 0 amide bonds. The number of ether oxygens (including phenoxy) is 1. The van der Waals surface area contributed by atoms with Gasteiger partial charge in [0.05, 0.1) is 22.3 Å². The lowest BCUT2D eigenvalue weighted by Gasteiger charge is -2.09. The smallest absolute Gasteiger partial charge is 0.350 e. The first-order valence-electron chi connectivity index (χ1n) is 5.78. The maximum absolute atomic E-state index is 12.0. The van der Waals surface area contributed by atoms with Crippen LogP contribution in [0.1, 0.15) is 16.6 Å². The zero-order valence-corrected chi connectivity index (χ0v) is 13.1. The number of nitrogens with zero attached hydrogens (tertiary/aromatic N) is 1. The summed E-state index contributed by atoms with van der Waals surface area (Å²) in [7, 11) is 1.57. The van der Waals surface area contributed by atoms with E-state index in [1.807, 2.05) is 0 Å². The molecule has 0 aliphatic rings. The summed E-state index contributed by atoms with van der Waals surface area (Å²) < 4.78 is 6.32. The van der Waals surface area contributed by atoms with Crippen molar-refractivity contribution in [2.24, 2.45) is 7.05 Å². The van der Waals surface area contributed by atoms with Gasteiger partial charge in [0.1, 0.15) is 4.88 Å². The molecule has 1 heterocycles. The predicted molar refractivity (Wildman–Crippen MR) is 81.0 cm³/mol. The molecule has 7 heteroatoms. The summed E-state index contributed by atoms with van der Waals surface area (Å²) in [5, 5.41) is 0.743. The Labute approximate surface area is 129 Å². The van der Waals surface area contributed by atoms with E-state index < -0.39 is 5.97 Å². The number of hydrogen-bond donors (Lipinski definition) is 0. The van der Waals surface area contributed by atoms with Gasteiger partial charge in [0, 0.05) is 12.6 Å². The summed E-state index contributed by atoms with van der Waals surface area (Å²) in [5.41, 5.74) is 0.841. The first-order chi connectivity index (χ1) is 9.47. The molecule has 1 aromatic heterocycles. The van der Waals surface area contributed by atoms with Gasteiger partial charge < -0.3 is 9.30 Å². The first-order valence-corrected chi connectivity index (χ1v) is 7.36. The van der Waals surface area contributed by atoms with Gasteiger partial charge in [-0.1, -0.05) is 40.6 Å². The summed E-state index contributed by atoms with van der Waals surface area (Å²) >= 11 is 13.1. The SMILES string of the molecule is CCOC(=O)c1sc(=O)n(C)c1-c1c(Cl)cccc1Cl. The molecule has 0 aliphatic heterocycles. The van der Waals surface area contributed by atoms with Gasteiger partial charge in [-0.3, -0.25) is 4.79 Å². The van der Waals surface area contributed by atoms with E-state index in [1.54, 1.807) is 32.2 Å². The molecule has 1 aromatic carbocycles. The van der Waals surface area contributed by atoms with E-state index in [0.29, 0.717) is 21.3 Å². The van der Waals surface area contributed by atoms with E-state index in [0.717, 1.165) is 11.3 Å². The number of carbonyl (C=O) groups excluding carboxylic acids is 1. The van der Waals surface area contributed by atoms with E-state index in [2.05, 4.69) is 0 Å². The lowest BCUT2D eigenvalue weighted by Crippen LogP contribution is -2.10. The minimum atomic E-state index is -0.554. The van der Waals surface area contributed by atoms with Crippen LogP contribution >= 0.6 is 34.5 Å². The second-order valence-corrected chi connectivity index (χ2v) is 5.70. The molecule has 0 saturated heterocycles. The highest BCUT2D eigenvalue weighted by molar-refractivity contribution is 7.11. The molecular formula is C13H11Cl2NO3S. The molecule has 0 atom stereocenters. The van der Waals surface area contributed by atoms with Gasteiger partial charge in [0.2, 0.25) is 0 Å². The average molecular weight is 332 g/mol. The molecule has 0 aliphatic carbocycles. The number of thiazole rings is 1. The van der Waals surface area contributed by atoms with Crippen LogP contribution in [0.3, 0.4) is 0 Å². The van der Waals surface area contributed by atoms with Gasteiger partial charge in [-0.25, -0.2) is 4.79 Å². The maximum Gasteiger partial charge on any atom is 0.350 e. The molecule has 0 radical (unpaired) electrons. The second kappa shape index (κ2) is 5.99. The van der Waals surface area contributed by atoms with E-state index in [4.69, 9.17) is 27.9 Å². The van der Waals surface area contributed by atoms with Gasteiger partial charge in [0.15, 0.2) is 0 Å². The van der Waals surface area contributed by atoms with Crippen molar-refractivity contribution < 1.29 is 9.53 Å². The minimum absolute atomic E-state index is 0.203. The van der Waals surface area contributed by atoms with Crippen molar-refractivity contribution in [1.29, 1.82) is 0 Å². The zero-order chi connectivity index (χ0) is 14.9. The van der Waals surface area contributed by atoms with Crippen molar-refractivity contribution in [3.8, 4) is 11.3 Å². The molecule has 0 N–H and O–H groups in total. The maximum atomic E-state index is 12.0. The molecule has 2 aromatic rings. The molecule has 0 fully saturated rings. The summed E-state index contributed by atoms with van der Waals surface area (Å²) in [6.07, 6.45) is 0. The van der Waals surface area contributed by atoms with Crippen LogP contribution in [-0.2, 0) is 11.8 Å². The number of hydrogen-bond acceptors (Lipinski definition) is 4. The standard InChI is InChI=1S/C13H11Cl2NO3S/c1-3-19-12(17)11-10(16(2)13(18)20-11)9-7(14)5-4-6-8(9)15/h4-6H,3H2,1-2H3. The van der Waals surface area contributed by atoms with Crippen LogP contribution in [0.25, 0.3) is 11.3 Å². The van der Waals surface area contributed by atoms with Gasteiger partial charge in [-0.2, -0.15) is 0 Å². The molecule has 0 unspecified atom stereocenters. The Hall–Kier alpha value is -1.30. The fourth-order valence-corrected chi connectivity index (χ4v) is 3.25. The molecule has 0 saturated carbocycles.